The summed E-state index contributed by atoms with van der Waals surface area (Å²) < 4.78 is 8.76. The molecule has 1 aromatic rings. The number of hydrogen-bond acceptors (Lipinski definition) is 7. The average Bonchev–Trinajstić information content (AvgIpc) is 2.95. The molecule has 0 bridgehead atoms. The highest BCUT2D eigenvalue weighted by Crippen LogP contribution is 2.35. The van der Waals surface area contributed by atoms with Gasteiger partial charge in [0.15, 0.2) is 5.82 Å². The van der Waals surface area contributed by atoms with Gasteiger partial charge < -0.3 is 20.5 Å². The zero-order valence-electron chi connectivity index (χ0n) is 10.3. The van der Waals surface area contributed by atoms with Crippen molar-refractivity contribution in [2.24, 2.45) is 5.92 Å². The van der Waals surface area contributed by atoms with E-state index >= 15 is 0 Å². The molecule has 1 aliphatic rings. The summed E-state index contributed by atoms with van der Waals surface area (Å²) in [4.78, 5) is 13.8. The van der Waals surface area contributed by atoms with Gasteiger partial charge in [0.1, 0.15) is 10.6 Å². The van der Waals surface area contributed by atoms with Crippen LogP contribution in [0, 0.1) is 5.92 Å². The Morgan fingerprint density at radius 3 is 3.17 bits per heavy atom. The van der Waals surface area contributed by atoms with Gasteiger partial charge in [-0.3, -0.25) is 0 Å². The van der Waals surface area contributed by atoms with E-state index in [0.717, 1.165) is 30.9 Å². The number of nitrogens with zero attached hydrogens (tertiary/aromatic N) is 2. The number of hydrogen-bond donors (Lipinski definition) is 2. The molecule has 7 heteroatoms. The topological polar surface area (TPSA) is 88.7 Å². The first kappa shape index (κ1) is 13.1. The van der Waals surface area contributed by atoms with Crippen molar-refractivity contribution in [1.82, 2.24) is 4.37 Å². The normalized spacial score (nSPS) is 19.2. The molecule has 1 atom stereocenters. The molecule has 0 spiro atoms. The third-order valence-corrected chi connectivity index (χ3v) is 4.12. The quantitative estimate of drug-likeness (QED) is 0.784. The Bertz CT molecular complexity index is 435. The highest BCUT2D eigenvalue weighted by atomic mass is 32.1. The first-order valence-electron chi connectivity index (χ1n) is 5.86. The van der Waals surface area contributed by atoms with Gasteiger partial charge in [-0.2, -0.15) is 4.37 Å². The maximum atomic E-state index is 11.7. The molecule has 1 aliphatic heterocycles. The van der Waals surface area contributed by atoms with Gasteiger partial charge in [-0.05, 0) is 30.3 Å². The number of anilines is 2. The molecule has 6 nitrogen and oxygen atoms in total. The number of carbonyl (C=O) groups is 1. The van der Waals surface area contributed by atoms with Crippen molar-refractivity contribution in [3.8, 4) is 0 Å². The molecule has 100 valence electrons. The van der Waals surface area contributed by atoms with Crippen molar-refractivity contribution in [2.45, 2.75) is 12.8 Å². The van der Waals surface area contributed by atoms with Gasteiger partial charge >= 0.3 is 5.97 Å². The molecule has 3 N–H and O–H groups in total. The Balaban J connectivity index is 2.17. The van der Waals surface area contributed by atoms with Crippen LogP contribution in [0.25, 0.3) is 0 Å². The summed E-state index contributed by atoms with van der Waals surface area (Å²) in [6.45, 7) is 1.88. The molecule has 1 unspecified atom stereocenters. The molecular weight excluding hydrogens is 254 g/mol. The predicted molar refractivity (Wildman–Crippen MR) is 69.9 cm³/mol. The number of nitrogens with two attached hydrogens (primary N) is 1. The van der Waals surface area contributed by atoms with Crippen LogP contribution in [-0.2, 0) is 4.74 Å². The zero-order valence-corrected chi connectivity index (χ0v) is 11.1. The second-order valence-electron chi connectivity index (χ2n) is 4.35. The number of carbonyl (C=O) groups excluding carboxylic acids is 1. The van der Waals surface area contributed by atoms with Crippen LogP contribution in [0.4, 0.5) is 10.8 Å². The standard InChI is InChI=1S/C11H17N3O3S/c1-17-11(16)8-9(12)13-18-10(8)14-4-2-7(6-14)3-5-15/h7,15H,2-6H2,1H3,(H2,12,13). The molecule has 2 heterocycles. The van der Waals surface area contributed by atoms with Crippen molar-refractivity contribution in [1.29, 1.82) is 0 Å². The zero-order chi connectivity index (χ0) is 13.1. The molecule has 0 aromatic carbocycles. The van der Waals surface area contributed by atoms with Crippen LogP contribution in [0.2, 0.25) is 0 Å². The second-order valence-corrected chi connectivity index (χ2v) is 5.10. The van der Waals surface area contributed by atoms with Crippen LogP contribution in [0.15, 0.2) is 0 Å². The van der Waals surface area contributed by atoms with E-state index in [2.05, 4.69) is 9.27 Å². The monoisotopic (exact) mass is 271 g/mol. The Labute approximate surface area is 110 Å². The van der Waals surface area contributed by atoms with E-state index < -0.39 is 5.97 Å². The van der Waals surface area contributed by atoms with Crippen LogP contribution in [0.1, 0.15) is 23.2 Å². The number of aliphatic hydroxyl groups excluding tert-OH is 1. The van der Waals surface area contributed by atoms with Crippen LogP contribution in [0.3, 0.4) is 0 Å². The van der Waals surface area contributed by atoms with Gasteiger partial charge in [0.2, 0.25) is 0 Å². The number of aliphatic hydroxyl groups is 1. The fourth-order valence-electron chi connectivity index (χ4n) is 2.24. The van der Waals surface area contributed by atoms with Gasteiger partial charge in [0.25, 0.3) is 0 Å². The molecule has 18 heavy (non-hydrogen) atoms. The lowest BCUT2D eigenvalue weighted by Crippen LogP contribution is -2.21. The van der Waals surface area contributed by atoms with Crippen LogP contribution >= 0.6 is 11.5 Å². The summed E-state index contributed by atoms with van der Waals surface area (Å²) in [5.74, 6) is 0.248. The Morgan fingerprint density at radius 2 is 2.50 bits per heavy atom. The molecule has 2 rings (SSSR count). The number of nitrogen functional groups attached to an aromatic ring is 1. The van der Waals surface area contributed by atoms with E-state index in [4.69, 9.17) is 15.6 Å². The smallest absolute Gasteiger partial charge is 0.344 e. The van der Waals surface area contributed by atoms with E-state index in [1.165, 1.54) is 18.6 Å². The lowest BCUT2D eigenvalue weighted by molar-refractivity contribution is 0.0603. The summed E-state index contributed by atoms with van der Waals surface area (Å²) in [6, 6.07) is 0. The summed E-state index contributed by atoms with van der Waals surface area (Å²) in [5, 5.41) is 9.72. The van der Waals surface area contributed by atoms with Crippen molar-refractivity contribution >= 4 is 28.3 Å². The van der Waals surface area contributed by atoms with E-state index in [-0.39, 0.29) is 12.4 Å². The maximum absolute atomic E-state index is 11.7. The van der Waals surface area contributed by atoms with Gasteiger partial charge in [0.05, 0.1) is 7.11 Å². The molecule has 0 saturated carbocycles. The summed E-state index contributed by atoms with van der Waals surface area (Å²) in [7, 11) is 1.34. The minimum Gasteiger partial charge on any atom is -0.465 e. The SMILES string of the molecule is COC(=O)c1c(N)nsc1N1CCC(CCO)C1. The maximum Gasteiger partial charge on any atom is 0.344 e. The molecule has 1 fully saturated rings. The Hall–Kier alpha value is -1.34. The molecular formula is C11H17N3O3S. The Morgan fingerprint density at radius 1 is 1.72 bits per heavy atom. The van der Waals surface area contributed by atoms with Gasteiger partial charge in [-0.25, -0.2) is 4.79 Å². The molecule has 0 radical (unpaired) electrons. The Kier molecular flexibility index (Phi) is 4.03. The molecule has 0 amide bonds. The van der Waals surface area contributed by atoms with E-state index in [1.807, 2.05) is 0 Å². The highest BCUT2D eigenvalue weighted by molar-refractivity contribution is 7.11. The van der Waals surface area contributed by atoms with Gasteiger partial charge in [-0.15, -0.1) is 0 Å². The van der Waals surface area contributed by atoms with E-state index in [9.17, 15) is 4.79 Å². The van der Waals surface area contributed by atoms with Crippen LogP contribution < -0.4 is 10.6 Å². The summed E-state index contributed by atoms with van der Waals surface area (Å²) in [6.07, 6.45) is 1.80. The number of rotatable bonds is 4. The highest BCUT2D eigenvalue weighted by Gasteiger charge is 2.29. The third kappa shape index (κ3) is 2.41. The van der Waals surface area contributed by atoms with Crippen molar-refractivity contribution in [2.75, 3.05) is 37.4 Å². The first-order chi connectivity index (χ1) is 8.67. The molecule has 0 aliphatic carbocycles. The lowest BCUT2D eigenvalue weighted by atomic mass is 10.1. The van der Waals surface area contributed by atoms with E-state index in [0.29, 0.717) is 11.5 Å². The number of esters is 1. The lowest BCUT2D eigenvalue weighted by Gasteiger charge is -2.17. The van der Waals surface area contributed by atoms with Crippen molar-refractivity contribution < 1.29 is 14.6 Å². The minimum atomic E-state index is -0.443. The van der Waals surface area contributed by atoms with E-state index in [1.54, 1.807) is 0 Å². The average molecular weight is 271 g/mol. The summed E-state index contributed by atoms with van der Waals surface area (Å²) in [5.41, 5.74) is 6.08. The van der Waals surface area contributed by atoms with Crippen LogP contribution in [0.5, 0.6) is 0 Å². The first-order valence-corrected chi connectivity index (χ1v) is 6.64. The number of aromatic nitrogens is 1. The minimum absolute atomic E-state index is 0.202. The fraction of sp³-hybridized carbons (Fsp3) is 0.636. The van der Waals surface area contributed by atoms with Gasteiger partial charge in [0, 0.05) is 19.7 Å². The molecule has 1 saturated heterocycles. The second kappa shape index (κ2) is 5.53. The molecule has 1 aromatic heterocycles. The predicted octanol–water partition coefficient (Wildman–Crippen LogP) is 0.721. The van der Waals surface area contributed by atoms with Crippen LogP contribution in [-0.4, -0.2) is 42.3 Å². The summed E-state index contributed by atoms with van der Waals surface area (Å²) >= 11 is 1.22. The number of ether oxygens (including phenoxy) is 1. The van der Waals surface area contributed by atoms with Crippen molar-refractivity contribution in [3.63, 3.8) is 0 Å². The van der Waals surface area contributed by atoms with Gasteiger partial charge in [-0.1, -0.05) is 0 Å². The number of methoxy groups -OCH3 is 1. The fourth-order valence-corrected chi connectivity index (χ4v) is 3.07. The largest absolute Gasteiger partial charge is 0.465 e. The third-order valence-electron chi connectivity index (χ3n) is 3.20. The van der Waals surface area contributed by atoms with Crippen molar-refractivity contribution in [3.05, 3.63) is 5.56 Å².